The summed E-state index contributed by atoms with van der Waals surface area (Å²) in [4.78, 5) is 52.8. The highest BCUT2D eigenvalue weighted by molar-refractivity contribution is 8.00. The molecule has 1 saturated heterocycles. The molecule has 59 heavy (non-hydrogen) atoms. The molecule has 3 heterocycles. The lowest BCUT2D eigenvalue weighted by Crippen LogP contribution is -2.71. The number of fused-ring (bicyclic) bond motifs is 1. The predicted octanol–water partition coefficient (Wildman–Crippen LogP) is 7.44. The monoisotopic (exact) mass is 851 g/mol. The SMILES string of the molecule is COc1ccc(COC(=O)C2=C(/C=C\CCl)CS[C@H]3[C@H](NC(=O)/C(=N\OCCF)c4csc(NC(c5ccccc5)(c5ccccc5)c5ccccc5)n4)C(=O)N23)cc1. The van der Waals surface area contributed by atoms with Gasteiger partial charge >= 0.3 is 5.97 Å². The molecule has 0 unspecified atom stereocenters. The molecule has 1 aromatic heterocycles. The first kappa shape index (κ1) is 41.2. The van der Waals surface area contributed by atoms with Gasteiger partial charge in [-0.15, -0.1) is 34.7 Å². The maximum atomic E-state index is 14.1. The Bertz CT molecular complexity index is 2250. The van der Waals surface area contributed by atoms with Crippen molar-refractivity contribution in [2.75, 3.05) is 37.3 Å². The average molecular weight is 852 g/mol. The molecule has 2 aliphatic heterocycles. The van der Waals surface area contributed by atoms with E-state index in [4.69, 9.17) is 30.9 Å². The third kappa shape index (κ3) is 8.89. The van der Waals surface area contributed by atoms with E-state index in [0.29, 0.717) is 22.2 Å². The minimum atomic E-state index is -1.03. The van der Waals surface area contributed by atoms with Gasteiger partial charge in [-0.2, -0.15) is 0 Å². The molecule has 2 atom stereocenters. The Hall–Kier alpha value is -5.96. The van der Waals surface area contributed by atoms with Crippen molar-refractivity contribution in [3.63, 3.8) is 0 Å². The van der Waals surface area contributed by atoms with E-state index in [1.807, 2.05) is 91.0 Å². The number of anilines is 1. The van der Waals surface area contributed by atoms with Crippen LogP contribution in [0.1, 0.15) is 27.9 Å². The van der Waals surface area contributed by atoms with Gasteiger partial charge in [-0.25, -0.2) is 14.2 Å². The average Bonchev–Trinajstić information content (AvgIpc) is 3.75. The van der Waals surface area contributed by atoms with Crippen LogP contribution in [0, 0.1) is 0 Å². The summed E-state index contributed by atoms with van der Waals surface area (Å²) in [6.45, 7) is -1.27. The number of halogens is 2. The summed E-state index contributed by atoms with van der Waals surface area (Å²) in [5.41, 5.74) is 3.21. The molecular weight excluding hydrogens is 813 g/mol. The lowest BCUT2D eigenvalue weighted by Gasteiger charge is -2.49. The Morgan fingerprint density at radius 1 is 0.966 bits per heavy atom. The highest BCUT2D eigenvalue weighted by atomic mass is 35.5. The second-order valence-corrected chi connectivity index (χ2v) is 15.5. The molecule has 0 spiro atoms. The molecule has 15 heteroatoms. The molecule has 2 aliphatic rings. The van der Waals surface area contributed by atoms with Crippen LogP contribution >= 0.6 is 34.7 Å². The molecule has 5 aromatic rings. The molecular formula is C44H39ClFN5O6S2. The van der Waals surface area contributed by atoms with Crippen molar-refractivity contribution in [1.82, 2.24) is 15.2 Å². The van der Waals surface area contributed by atoms with E-state index in [0.717, 1.165) is 22.3 Å². The zero-order valence-corrected chi connectivity index (χ0v) is 34.1. The van der Waals surface area contributed by atoms with Gasteiger partial charge in [0, 0.05) is 17.0 Å². The molecule has 302 valence electrons. The maximum absolute atomic E-state index is 14.1. The molecule has 2 amide bonds. The van der Waals surface area contributed by atoms with Crippen LogP contribution in [0.2, 0.25) is 0 Å². The number of nitrogens with zero attached hydrogens (tertiary/aromatic N) is 3. The van der Waals surface area contributed by atoms with Crippen molar-refractivity contribution in [1.29, 1.82) is 0 Å². The number of β-lactam (4-membered cyclic amide) rings is 1. The van der Waals surface area contributed by atoms with E-state index < -0.39 is 48.0 Å². The number of methoxy groups -OCH3 is 1. The van der Waals surface area contributed by atoms with Gasteiger partial charge in [-0.1, -0.05) is 120 Å². The van der Waals surface area contributed by atoms with Crippen LogP contribution < -0.4 is 15.4 Å². The zero-order chi connectivity index (χ0) is 41.2. The number of aromatic nitrogens is 1. The summed E-state index contributed by atoms with van der Waals surface area (Å²) < 4.78 is 24.1. The van der Waals surface area contributed by atoms with Crippen molar-refractivity contribution in [2.45, 2.75) is 23.6 Å². The number of hydrogen-bond donors (Lipinski definition) is 2. The second kappa shape index (κ2) is 19.2. The highest BCUT2D eigenvalue weighted by Gasteiger charge is 2.54. The Morgan fingerprint density at radius 2 is 1.59 bits per heavy atom. The number of hydrogen-bond acceptors (Lipinski definition) is 11. The quantitative estimate of drug-likeness (QED) is 0.0187. The van der Waals surface area contributed by atoms with Crippen molar-refractivity contribution in [3.05, 3.63) is 172 Å². The standard InChI is InChI=1S/C44H39ClFN5O6S2/c1-55-34-21-19-29(20-22-34)26-56-42(54)38-30(12-11-23-45)27-58-41-37(40(53)51(38)41)48-39(52)36(50-57-25-24-46)35-28-59-43(47-35)49-44(31-13-5-2-6-14-31,32-15-7-3-8-16-32)33-17-9-4-10-18-33/h2-22,28,37,41H,23-27H2,1H3,(H,47,49)(H,48,52)/b12-11-,50-36-/t37-,41+/m1/s1. The number of oxime groups is 1. The van der Waals surface area contributed by atoms with Gasteiger partial charge in [0.2, 0.25) is 0 Å². The van der Waals surface area contributed by atoms with E-state index in [-0.39, 0.29) is 29.6 Å². The number of carbonyl (C=O) groups excluding carboxylic acids is 3. The lowest BCUT2D eigenvalue weighted by atomic mass is 9.77. The molecule has 0 saturated carbocycles. The molecule has 0 bridgehead atoms. The predicted molar refractivity (Wildman–Crippen MR) is 228 cm³/mol. The van der Waals surface area contributed by atoms with Crippen LogP contribution in [0.15, 0.2) is 149 Å². The third-order valence-electron chi connectivity index (χ3n) is 9.62. The Morgan fingerprint density at radius 3 is 2.17 bits per heavy atom. The minimum Gasteiger partial charge on any atom is -0.497 e. The van der Waals surface area contributed by atoms with Gasteiger partial charge in [0.15, 0.2) is 10.8 Å². The van der Waals surface area contributed by atoms with Crippen LogP contribution in [0.3, 0.4) is 0 Å². The third-order valence-corrected chi connectivity index (χ3v) is 11.9. The van der Waals surface area contributed by atoms with Crippen LogP contribution in [0.5, 0.6) is 5.75 Å². The number of rotatable bonds is 17. The van der Waals surface area contributed by atoms with Crippen LogP contribution in [-0.4, -0.2) is 76.8 Å². The number of alkyl halides is 2. The summed E-state index contributed by atoms with van der Waals surface area (Å²) in [6.07, 6.45) is 3.38. The van der Waals surface area contributed by atoms with Crippen molar-refractivity contribution in [3.8, 4) is 5.75 Å². The molecule has 7 rings (SSSR count). The fourth-order valence-corrected chi connectivity index (χ4v) is 8.98. The number of allylic oxidation sites excluding steroid dienone is 2. The smallest absolute Gasteiger partial charge is 0.355 e. The van der Waals surface area contributed by atoms with Crippen molar-refractivity contribution in [2.24, 2.45) is 5.16 Å². The van der Waals surface area contributed by atoms with Crippen LogP contribution in [0.25, 0.3) is 0 Å². The van der Waals surface area contributed by atoms with Crippen LogP contribution in [0.4, 0.5) is 9.52 Å². The van der Waals surface area contributed by atoms with Gasteiger partial charge in [0.05, 0.1) is 7.11 Å². The van der Waals surface area contributed by atoms with E-state index >= 15 is 0 Å². The summed E-state index contributed by atoms with van der Waals surface area (Å²) in [5.74, 6) is -0.778. The molecule has 2 N–H and O–H groups in total. The number of thioether (sulfide) groups is 1. The molecule has 0 aliphatic carbocycles. The number of benzene rings is 4. The maximum Gasteiger partial charge on any atom is 0.355 e. The molecule has 11 nitrogen and oxygen atoms in total. The first-order valence-electron chi connectivity index (χ1n) is 18.6. The highest BCUT2D eigenvalue weighted by Crippen LogP contribution is 2.42. The topological polar surface area (TPSA) is 131 Å². The summed E-state index contributed by atoms with van der Waals surface area (Å²) in [6, 6.07) is 35.9. The summed E-state index contributed by atoms with van der Waals surface area (Å²) in [7, 11) is 1.56. The summed E-state index contributed by atoms with van der Waals surface area (Å²) >= 11 is 8.54. The number of carbonyl (C=O) groups is 3. The van der Waals surface area contributed by atoms with E-state index in [1.165, 1.54) is 28.0 Å². The van der Waals surface area contributed by atoms with Crippen LogP contribution in [-0.2, 0) is 36.1 Å². The number of amides is 2. The molecule has 4 aromatic carbocycles. The normalized spacial score (nSPS) is 16.6. The fourth-order valence-electron chi connectivity index (χ4n) is 6.83. The molecule has 0 radical (unpaired) electrons. The summed E-state index contributed by atoms with van der Waals surface area (Å²) in [5, 5.41) is 11.9. The van der Waals surface area contributed by atoms with Gasteiger partial charge in [-0.3, -0.25) is 14.5 Å². The van der Waals surface area contributed by atoms with Gasteiger partial charge in [-0.05, 0) is 40.0 Å². The Balaban J connectivity index is 1.14. The van der Waals surface area contributed by atoms with Crippen molar-refractivity contribution < 1.29 is 33.1 Å². The van der Waals surface area contributed by atoms with Gasteiger partial charge in [0.25, 0.3) is 11.8 Å². The lowest BCUT2D eigenvalue weighted by molar-refractivity contribution is -0.153. The van der Waals surface area contributed by atoms with Gasteiger partial charge in [0.1, 0.15) is 54.0 Å². The zero-order valence-electron chi connectivity index (χ0n) is 31.8. The number of esters is 1. The minimum absolute atomic E-state index is 0.0365. The second-order valence-electron chi connectivity index (χ2n) is 13.2. The largest absolute Gasteiger partial charge is 0.497 e. The van der Waals surface area contributed by atoms with E-state index in [1.54, 1.807) is 48.9 Å². The first-order chi connectivity index (χ1) is 28.9. The number of nitrogens with one attached hydrogen (secondary N) is 2. The van der Waals surface area contributed by atoms with E-state index in [9.17, 15) is 18.8 Å². The molecule has 1 fully saturated rings. The number of ether oxygens (including phenoxy) is 2. The van der Waals surface area contributed by atoms with Crippen molar-refractivity contribution >= 4 is 63.3 Å². The number of thiazole rings is 1. The van der Waals surface area contributed by atoms with Gasteiger partial charge < -0.3 is 24.9 Å². The Labute approximate surface area is 353 Å². The Kier molecular flexibility index (Phi) is 13.4. The van der Waals surface area contributed by atoms with E-state index in [2.05, 4.69) is 15.8 Å². The first-order valence-corrected chi connectivity index (χ1v) is 21.0. The fraction of sp³-hybridized carbons (Fsp3) is 0.205.